The molecule has 0 atom stereocenters. The molecule has 1 aliphatic carbocycles. The zero-order valence-corrected chi connectivity index (χ0v) is 22.8. The topological polar surface area (TPSA) is 83.4 Å². The van der Waals surface area contributed by atoms with Gasteiger partial charge in [0.1, 0.15) is 0 Å². The third-order valence-electron chi connectivity index (χ3n) is 7.98. The predicted molar refractivity (Wildman–Crippen MR) is 163 cm³/mol. The molecule has 1 aromatic heterocycles. The number of nitrogens with one attached hydrogen (secondary N) is 2. The number of benzene rings is 4. The molecule has 5 aromatic rings. The standard InChI is InChI=1S/C35H33N3O3/c39-34(26-14-7-8-15-26)37-30-18-19-32-28(21-30)22-31(23-36-29-17-9-16-27(20-29)35(40)41)38(32)33(24-10-3-1-4-11-24)25-12-5-2-6-13-25/h1-6,9-13,16-22,26,33,36H,7-8,14-15,23H2,(H,37,39)(H,40,41). The van der Waals surface area contributed by atoms with Crippen molar-refractivity contribution in [2.24, 2.45) is 5.92 Å². The van der Waals surface area contributed by atoms with Gasteiger partial charge >= 0.3 is 5.97 Å². The quantitative estimate of drug-likeness (QED) is 0.178. The van der Waals surface area contributed by atoms with Gasteiger partial charge in [0.05, 0.1) is 18.2 Å². The van der Waals surface area contributed by atoms with Gasteiger partial charge in [-0.25, -0.2) is 4.79 Å². The first-order valence-corrected chi connectivity index (χ1v) is 14.2. The summed E-state index contributed by atoms with van der Waals surface area (Å²) in [5.41, 5.74) is 6.19. The Morgan fingerprint density at radius 1 is 0.780 bits per heavy atom. The molecule has 0 radical (unpaired) electrons. The van der Waals surface area contributed by atoms with E-state index in [1.54, 1.807) is 18.2 Å². The van der Waals surface area contributed by atoms with Gasteiger partial charge in [0.2, 0.25) is 5.91 Å². The molecule has 1 heterocycles. The smallest absolute Gasteiger partial charge is 0.335 e. The van der Waals surface area contributed by atoms with Crippen LogP contribution in [0.25, 0.3) is 10.9 Å². The van der Waals surface area contributed by atoms with Crippen molar-refractivity contribution in [2.75, 3.05) is 10.6 Å². The summed E-state index contributed by atoms with van der Waals surface area (Å²) in [6, 6.07) is 35.9. The predicted octanol–water partition coefficient (Wildman–Crippen LogP) is 7.72. The molecule has 0 saturated heterocycles. The highest BCUT2D eigenvalue weighted by Crippen LogP contribution is 2.35. The fourth-order valence-corrected chi connectivity index (χ4v) is 5.96. The largest absolute Gasteiger partial charge is 0.478 e. The lowest BCUT2D eigenvalue weighted by Gasteiger charge is -2.25. The van der Waals surface area contributed by atoms with Gasteiger partial charge in [0, 0.05) is 33.9 Å². The summed E-state index contributed by atoms with van der Waals surface area (Å²) in [5.74, 6) is -0.756. The lowest BCUT2D eigenvalue weighted by Crippen LogP contribution is -2.20. The second-order valence-corrected chi connectivity index (χ2v) is 10.7. The van der Waals surface area contributed by atoms with Crippen LogP contribution >= 0.6 is 0 Å². The fraction of sp³-hybridized carbons (Fsp3) is 0.200. The minimum absolute atomic E-state index is 0.0871. The second-order valence-electron chi connectivity index (χ2n) is 10.7. The van der Waals surface area contributed by atoms with Crippen molar-refractivity contribution in [3.63, 3.8) is 0 Å². The van der Waals surface area contributed by atoms with Crippen LogP contribution < -0.4 is 10.6 Å². The van der Waals surface area contributed by atoms with E-state index in [1.165, 1.54) is 0 Å². The third-order valence-corrected chi connectivity index (χ3v) is 7.98. The second kappa shape index (κ2) is 11.7. The summed E-state index contributed by atoms with van der Waals surface area (Å²) < 4.78 is 2.34. The highest BCUT2D eigenvalue weighted by atomic mass is 16.4. The Kier molecular flexibility index (Phi) is 7.54. The molecule has 6 rings (SSSR count). The van der Waals surface area contributed by atoms with Gasteiger partial charge < -0.3 is 20.3 Å². The number of fused-ring (bicyclic) bond motifs is 1. The molecular formula is C35H33N3O3. The van der Waals surface area contributed by atoms with Gasteiger partial charge in [0.25, 0.3) is 0 Å². The van der Waals surface area contributed by atoms with E-state index >= 15 is 0 Å². The number of hydrogen-bond donors (Lipinski definition) is 3. The number of carbonyl (C=O) groups is 2. The highest BCUT2D eigenvalue weighted by Gasteiger charge is 2.24. The van der Waals surface area contributed by atoms with E-state index in [4.69, 9.17) is 0 Å². The molecule has 0 spiro atoms. The normalized spacial score (nSPS) is 13.5. The van der Waals surface area contributed by atoms with Crippen LogP contribution in [-0.2, 0) is 11.3 Å². The fourth-order valence-electron chi connectivity index (χ4n) is 5.96. The number of nitrogens with zero attached hydrogens (tertiary/aromatic N) is 1. The van der Waals surface area contributed by atoms with Crippen LogP contribution in [0.5, 0.6) is 0 Å². The van der Waals surface area contributed by atoms with Crippen LogP contribution in [0.15, 0.2) is 109 Å². The van der Waals surface area contributed by atoms with Crippen LogP contribution in [0, 0.1) is 5.92 Å². The van der Waals surface area contributed by atoms with Crippen molar-refractivity contribution in [1.82, 2.24) is 4.57 Å². The number of carboxylic acid groups (broad SMARTS) is 1. The maximum absolute atomic E-state index is 12.9. The number of aromatic carboxylic acids is 1. The molecule has 0 aliphatic heterocycles. The Balaban J connectivity index is 1.43. The number of amides is 1. The van der Waals surface area contributed by atoms with Crippen LogP contribution in [0.2, 0.25) is 0 Å². The Hall–Kier alpha value is -4.84. The molecule has 1 fully saturated rings. The monoisotopic (exact) mass is 543 g/mol. The van der Waals surface area contributed by atoms with E-state index in [0.717, 1.165) is 64.8 Å². The molecule has 1 amide bonds. The number of carbonyl (C=O) groups excluding carboxylic acids is 1. The van der Waals surface area contributed by atoms with Gasteiger partial charge in [-0.2, -0.15) is 0 Å². The Bertz CT molecular complexity index is 1630. The molecule has 6 heteroatoms. The summed E-state index contributed by atoms with van der Waals surface area (Å²) >= 11 is 0. The Morgan fingerprint density at radius 2 is 1.46 bits per heavy atom. The SMILES string of the molecule is O=C(O)c1cccc(NCc2cc3cc(NC(=O)C4CCCC4)ccc3n2C(c2ccccc2)c2ccccc2)c1. The zero-order chi connectivity index (χ0) is 28.2. The first-order chi connectivity index (χ1) is 20.1. The number of carboxylic acids is 1. The van der Waals surface area contributed by atoms with E-state index in [0.29, 0.717) is 6.54 Å². The molecule has 4 aromatic carbocycles. The number of aromatic nitrogens is 1. The summed E-state index contributed by atoms with van der Waals surface area (Å²) in [6.45, 7) is 0.484. The van der Waals surface area contributed by atoms with Gasteiger partial charge in [-0.3, -0.25) is 4.79 Å². The molecule has 1 aliphatic rings. The maximum Gasteiger partial charge on any atom is 0.335 e. The van der Waals surface area contributed by atoms with E-state index in [-0.39, 0.29) is 23.4 Å². The van der Waals surface area contributed by atoms with Crippen molar-refractivity contribution in [2.45, 2.75) is 38.3 Å². The molecule has 41 heavy (non-hydrogen) atoms. The summed E-state index contributed by atoms with van der Waals surface area (Å²) in [5, 5.41) is 17.1. The van der Waals surface area contributed by atoms with Crippen LogP contribution in [0.4, 0.5) is 11.4 Å². The first kappa shape index (κ1) is 26.4. The van der Waals surface area contributed by atoms with E-state index in [9.17, 15) is 14.7 Å². The lowest BCUT2D eigenvalue weighted by atomic mass is 9.98. The van der Waals surface area contributed by atoms with Gasteiger partial charge in [-0.15, -0.1) is 0 Å². The Labute approximate surface area is 239 Å². The van der Waals surface area contributed by atoms with Gasteiger partial charge in [-0.05, 0) is 66.4 Å². The summed E-state index contributed by atoms with van der Waals surface area (Å²) in [7, 11) is 0. The summed E-state index contributed by atoms with van der Waals surface area (Å²) in [4.78, 5) is 24.4. The number of rotatable bonds is 9. The third kappa shape index (κ3) is 5.73. The van der Waals surface area contributed by atoms with E-state index in [1.807, 2.05) is 24.3 Å². The Morgan fingerprint density at radius 3 is 2.12 bits per heavy atom. The van der Waals surface area contributed by atoms with E-state index < -0.39 is 5.97 Å². The van der Waals surface area contributed by atoms with E-state index in [2.05, 4.69) is 81.9 Å². The van der Waals surface area contributed by atoms with Crippen molar-refractivity contribution < 1.29 is 14.7 Å². The molecule has 0 unspecified atom stereocenters. The summed E-state index contributed by atoms with van der Waals surface area (Å²) in [6.07, 6.45) is 4.15. The minimum Gasteiger partial charge on any atom is -0.478 e. The minimum atomic E-state index is -0.955. The number of anilines is 2. The van der Waals surface area contributed by atoms with Crippen molar-refractivity contribution in [3.05, 3.63) is 132 Å². The molecule has 1 saturated carbocycles. The van der Waals surface area contributed by atoms with Crippen molar-refractivity contribution in [3.8, 4) is 0 Å². The molecule has 6 nitrogen and oxygen atoms in total. The lowest BCUT2D eigenvalue weighted by molar-refractivity contribution is -0.119. The average Bonchev–Trinajstić information content (AvgIpc) is 3.66. The van der Waals surface area contributed by atoms with Crippen molar-refractivity contribution in [1.29, 1.82) is 0 Å². The zero-order valence-electron chi connectivity index (χ0n) is 22.8. The number of hydrogen-bond acceptors (Lipinski definition) is 3. The first-order valence-electron chi connectivity index (χ1n) is 14.2. The van der Waals surface area contributed by atoms with Crippen LogP contribution in [0.3, 0.4) is 0 Å². The van der Waals surface area contributed by atoms with Gasteiger partial charge in [0.15, 0.2) is 0 Å². The average molecular weight is 544 g/mol. The maximum atomic E-state index is 12.9. The van der Waals surface area contributed by atoms with Crippen LogP contribution in [-0.4, -0.2) is 21.6 Å². The highest BCUT2D eigenvalue weighted by molar-refractivity contribution is 5.95. The molecule has 0 bridgehead atoms. The molecule has 206 valence electrons. The van der Waals surface area contributed by atoms with Gasteiger partial charge in [-0.1, -0.05) is 79.6 Å². The molecular weight excluding hydrogens is 510 g/mol. The van der Waals surface area contributed by atoms with Crippen molar-refractivity contribution >= 4 is 34.2 Å². The molecule has 3 N–H and O–H groups in total. The van der Waals surface area contributed by atoms with Crippen LogP contribution in [0.1, 0.15) is 58.9 Å².